The number of amides is 2. The highest BCUT2D eigenvalue weighted by Crippen LogP contribution is 2.22. The van der Waals surface area contributed by atoms with Gasteiger partial charge in [-0.2, -0.15) is 0 Å². The minimum absolute atomic E-state index is 0.0221. The molecule has 8 heteroatoms. The van der Waals surface area contributed by atoms with E-state index >= 15 is 0 Å². The highest BCUT2D eigenvalue weighted by molar-refractivity contribution is 7.92. The summed E-state index contributed by atoms with van der Waals surface area (Å²) < 4.78 is 26.5. The molecule has 0 heterocycles. The highest BCUT2D eigenvalue weighted by Gasteiger charge is 2.29. The Kier molecular flexibility index (Phi) is 11.6. The number of sulfonamides is 1. The van der Waals surface area contributed by atoms with Gasteiger partial charge >= 0.3 is 0 Å². The average molecular weight is 530 g/mol. The number of hydrogen-bond acceptors (Lipinski definition) is 4. The summed E-state index contributed by atoms with van der Waals surface area (Å²) in [6, 6.07) is 14.9. The number of aryl methyl sites for hydroxylation is 2. The number of rotatable bonds is 14. The Balaban J connectivity index is 2.18. The molecule has 0 bridgehead atoms. The number of anilines is 1. The maximum absolute atomic E-state index is 13.5. The second-order valence-corrected chi connectivity index (χ2v) is 11.7. The lowest BCUT2D eigenvalue weighted by Gasteiger charge is -2.32. The van der Waals surface area contributed by atoms with E-state index in [4.69, 9.17) is 0 Å². The molecule has 0 spiro atoms. The SMILES string of the molecule is CC[C@@H](C)NC(=O)[C@@H](CC)N(CCc1ccccc1)C(=O)CCCN(c1ccc(C)c(C)c1)S(C)(=O)=O. The van der Waals surface area contributed by atoms with Crippen LogP contribution in [0.15, 0.2) is 48.5 Å². The van der Waals surface area contributed by atoms with Crippen molar-refractivity contribution in [3.63, 3.8) is 0 Å². The molecule has 0 fully saturated rings. The van der Waals surface area contributed by atoms with Crippen molar-refractivity contribution in [1.82, 2.24) is 10.2 Å². The molecule has 2 rings (SSSR count). The van der Waals surface area contributed by atoms with Crippen LogP contribution in [0.4, 0.5) is 5.69 Å². The third-order valence-corrected chi connectivity index (χ3v) is 8.00. The van der Waals surface area contributed by atoms with Gasteiger partial charge in [0.25, 0.3) is 0 Å². The van der Waals surface area contributed by atoms with Gasteiger partial charge in [0.15, 0.2) is 0 Å². The first-order valence-corrected chi connectivity index (χ1v) is 15.0. The summed E-state index contributed by atoms with van der Waals surface area (Å²) in [6.45, 7) is 10.4. The summed E-state index contributed by atoms with van der Waals surface area (Å²) in [5.41, 5.74) is 3.78. The van der Waals surface area contributed by atoms with Crippen molar-refractivity contribution in [2.24, 2.45) is 0 Å². The van der Waals surface area contributed by atoms with Crippen LogP contribution >= 0.6 is 0 Å². The summed E-state index contributed by atoms with van der Waals surface area (Å²) in [7, 11) is -3.52. The third kappa shape index (κ3) is 9.18. The van der Waals surface area contributed by atoms with Gasteiger partial charge in [0.2, 0.25) is 21.8 Å². The molecule has 0 aliphatic rings. The molecule has 204 valence electrons. The summed E-state index contributed by atoms with van der Waals surface area (Å²) in [4.78, 5) is 28.2. The highest BCUT2D eigenvalue weighted by atomic mass is 32.2. The molecule has 2 amide bonds. The molecule has 0 saturated heterocycles. The molecule has 0 radical (unpaired) electrons. The number of nitrogens with zero attached hydrogens (tertiary/aromatic N) is 2. The van der Waals surface area contributed by atoms with Crippen molar-refractivity contribution in [3.8, 4) is 0 Å². The fraction of sp³-hybridized carbons (Fsp3) is 0.517. The summed E-state index contributed by atoms with van der Waals surface area (Å²) in [6.07, 6.45) is 3.63. The minimum Gasteiger partial charge on any atom is -0.352 e. The summed E-state index contributed by atoms with van der Waals surface area (Å²) >= 11 is 0. The fourth-order valence-electron chi connectivity index (χ4n) is 4.22. The van der Waals surface area contributed by atoms with E-state index in [1.54, 1.807) is 11.0 Å². The molecule has 0 aliphatic carbocycles. The molecule has 1 N–H and O–H groups in total. The number of carbonyl (C=O) groups excluding carboxylic acids is 2. The van der Waals surface area contributed by atoms with Crippen LogP contribution in [0, 0.1) is 13.8 Å². The van der Waals surface area contributed by atoms with Crippen molar-refractivity contribution in [1.29, 1.82) is 0 Å². The van der Waals surface area contributed by atoms with E-state index in [1.807, 2.05) is 77.1 Å². The Morgan fingerprint density at radius 1 is 0.946 bits per heavy atom. The minimum atomic E-state index is -3.52. The quantitative estimate of drug-likeness (QED) is 0.387. The third-order valence-electron chi connectivity index (χ3n) is 6.80. The molecule has 37 heavy (non-hydrogen) atoms. The maximum atomic E-state index is 13.5. The fourth-order valence-corrected chi connectivity index (χ4v) is 5.18. The van der Waals surface area contributed by atoms with Crippen LogP contribution in [0.25, 0.3) is 0 Å². The van der Waals surface area contributed by atoms with E-state index < -0.39 is 16.1 Å². The number of carbonyl (C=O) groups is 2. The zero-order valence-electron chi connectivity index (χ0n) is 23.2. The molecule has 7 nitrogen and oxygen atoms in total. The lowest BCUT2D eigenvalue weighted by Crippen LogP contribution is -2.51. The van der Waals surface area contributed by atoms with Gasteiger partial charge < -0.3 is 10.2 Å². The van der Waals surface area contributed by atoms with E-state index in [-0.39, 0.29) is 30.8 Å². The van der Waals surface area contributed by atoms with Crippen LogP contribution in [0.1, 0.15) is 63.1 Å². The molecule has 0 aromatic heterocycles. The Labute approximate surface area is 223 Å². The van der Waals surface area contributed by atoms with Crippen molar-refractivity contribution < 1.29 is 18.0 Å². The van der Waals surface area contributed by atoms with E-state index in [2.05, 4.69) is 5.32 Å². The average Bonchev–Trinajstić information content (AvgIpc) is 2.85. The summed E-state index contributed by atoms with van der Waals surface area (Å²) in [5.74, 6) is -0.290. The molecule has 0 unspecified atom stereocenters. The van der Waals surface area contributed by atoms with Gasteiger partial charge in [0, 0.05) is 25.6 Å². The van der Waals surface area contributed by atoms with E-state index in [1.165, 1.54) is 10.6 Å². The summed E-state index contributed by atoms with van der Waals surface area (Å²) in [5, 5.41) is 3.02. The van der Waals surface area contributed by atoms with Crippen LogP contribution in [-0.2, 0) is 26.0 Å². The normalized spacial score (nSPS) is 13.0. The van der Waals surface area contributed by atoms with E-state index in [0.29, 0.717) is 31.5 Å². The van der Waals surface area contributed by atoms with Gasteiger partial charge in [0.1, 0.15) is 6.04 Å². The van der Waals surface area contributed by atoms with Gasteiger partial charge in [-0.3, -0.25) is 13.9 Å². The van der Waals surface area contributed by atoms with Crippen molar-refractivity contribution in [3.05, 3.63) is 65.2 Å². The molecule has 0 saturated carbocycles. The zero-order chi connectivity index (χ0) is 27.6. The monoisotopic (exact) mass is 529 g/mol. The van der Waals surface area contributed by atoms with Gasteiger partial charge in [0.05, 0.1) is 11.9 Å². The van der Waals surface area contributed by atoms with Crippen LogP contribution < -0.4 is 9.62 Å². The molecular weight excluding hydrogens is 486 g/mol. The predicted molar refractivity (Wildman–Crippen MR) is 151 cm³/mol. The maximum Gasteiger partial charge on any atom is 0.243 e. The first-order valence-electron chi connectivity index (χ1n) is 13.2. The number of benzene rings is 2. The van der Waals surface area contributed by atoms with Crippen LogP contribution in [0.2, 0.25) is 0 Å². The van der Waals surface area contributed by atoms with E-state index in [9.17, 15) is 18.0 Å². The van der Waals surface area contributed by atoms with Gasteiger partial charge in [-0.1, -0.05) is 50.2 Å². The molecule has 0 aliphatic heterocycles. The van der Waals surface area contributed by atoms with Crippen molar-refractivity contribution in [2.45, 2.75) is 78.8 Å². The molecule has 2 aromatic carbocycles. The molecular formula is C29H43N3O4S. The first kappa shape index (κ1) is 30.4. The molecule has 2 aromatic rings. The lowest BCUT2D eigenvalue weighted by molar-refractivity contribution is -0.141. The van der Waals surface area contributed by atoms with Gasteiger partial charge in [-0.05, 0) is 75.3 Å². The predicted octanol–water partition coefficient (Wildman–Crippen LogP) is 4.61. The Hall–Kier alpha value is -2.87. The second-order valence-electron chi connectivity index (χ2n) is 9.77. The number of nitrogens with one attached hydrogen (secondary N) is 1. The van der Waals surface area contributed by atoms with Crippen LogP contribution in [0.5, 0.6) is 0 Å². The second kappa shape index (κ2) is 14.2. The van der Waals surface area contributed by atoms with Crippen molar-refractivity contribution in [2.75, 3.05) is 23.7 Å². The zero-order valence-corrected chi connectivity index (χ0v) is 24.0. The first-order chi connectivity index (χ1) is 17.5. The lowest BCUT2D eigenvalue weighted by atomic mass is 10.1. The van der Waals surface area contributed by atoms with Crippen LogP contribution in [0.3, 0.4) is 0 Å². The van der Waals surface area contributed by atoms with Gasteiger partial charge in [-0.15, -0.1) is 0 Å². The molecule has 2 atom stereocenters. The van der Waals surface area contributed by atoms with Crippen LogP contribution in [-0.4, -0.2) is 56.6 Å². The van der Waals surface area contributed by atoms with Crippen molar-refractivity contribution >= 4 is 27.5 Å². The van der Waals surface area contributed by atoms with E-state index in [0.717, 1.165) is 23.1 Å². The Bertz CT molecular complexity index is 1140. The topological polar surface area (TPSA) is 86.8 Å². The smallest absolute Gasteiger partial charge is 0.243 e. The standard InChI is InChI=1S/C29H43N3O4S/c1-7-24(5)30-29(34)27(8-2)31(20-18-25-13-10-9-11-14-25)28(33)15-12-19-32(37(6,35)36)26-17-16-22(3)23(4)21-26/h9-11,13-14,16-17,21,24,27H,7-8,12,15,18-20H2,1-6H3,(H,30,34)/t24-,27-/m1/s1. The Morgan fingerprint density at radius 3 is 2.19 bits per heavy atom. The number of hydrogen-bond donors (Lipinski definition) is 1. The van der Waals surface area contributed by atoms with Gasteiger partial charge in [-0.25, -0.2) is 8.42 Å². The largest absolute Gasteiger partial charge is 0.352 e. The Morgan fingerprint density at radius 2 is 1.62 bits per heavy atom.